The van der Waals surface area contributed by atoms with Crippen LogP contribution in [-0.2, 0) is 9.59 Å². The molecule has 1 unspecified atom stereocenters. The average Bonchev–Trinajstić information content (AvgIpc) is 3.22. The summed E-state index contributed by atoms with van der Waals surface area (Å²) in [4.78, 5) is 26.8. The van der Waals surface area contributed by atoms with Crippen LogP contribution in [0, 0.1) is 5.92 Å². The van der Waals surface area contributed by atoms with Crippen molar-refractivity contribution in [1.29, 1.82) is 0 Å². The van der Waals surface area contributed by atoms with Gasteiger partial charge in [0.2, 0.25) is 11.8 Å². The minimum atomic E-state index is -0.667. The molecule has 1 aliphatic heterocycles. The lowest BCUT2D eigenvalue weighted by atomic mass is 9.82. The predicted octanol–water partition coefficient (Wildman–Crippen LogP) is 2.08. The topological polar surface area (TPSA) is 49.4 Å². The van der Waals surface area contributed by atoms with E-state index in [1.54, 1.807) is 0 Å². The van der Waals surface area contributed by atoms with Crippen LogP contribution in [0.1, 0.15) is 59.8 Å². The van der Waals surface area contributed by atoms with Gasteiger partial charge in [0.05, 0.1) is 0 Å². The summed E-state index contributed by atoms with van der Waals surface area (Å²) in [7, 11) is 0. The molecule has 0 radical (unpaired) electrons. The summed E-state index contributed by atoms with van der Waals surface area (Å²) in [6.45, 7) is 8.46. The van der Waals surface area contributed by atoms with Gasteiger partial charge in [-0.05, 0) is 44.9 Å². The maximum Gasteiger partial charge on any atom is 0.249 e. The molecule has 2 fully saturated rings. The van der Waals surface area contributed by atoms with E-state index in [0.717, 1.165) is 32.1 Å². The SMILES string of the molecule is CCC(CC)(CC)N1CC(=O)NC(C)(C2CC2)C1=O. The van der Waals surface area contributed by atoms with Crippen LogP contribution in [-0.4, -0.2) is 34.3 Å². The number of nitrogens with zero attached hydrogens (tertiary/aromatic N) is 1. The van der Waals surface area contributed by atoms with Crippen LogP contribution in [0.25, 0.3) is 0 Å². The Morgan fingerprint density at radius 1 is 1.21 bits per heavy atom. The Labute approximate surface area is 115 Å². The summed E-state index contributed by atoms with van der Waals surface area (Å²) < 4.78 is 0. The van der Waals surface area contributed by atoms with Crippen LogP contribution < -0.4 is 5.32 Å². The van der Waals surface area contributed by atoms with Crippen molar-refractivity contribution >= 4 is 11.8 Å². The molecule has 1 heterocycles. The normalized spacial score (nSPS) is 28.5. The number of amides is 2. The largest absolute Gasteiger partial charge is 0.340 e. The highest BCUT2D eigenvalue weighted by Gasteiger charge is 2.55. The number of hydrogen-bond donors (Lipinski definition) is 1. The standard InChI is InChI=1S/C15H26N2O2/c1-5-15(6-2,7-3)17-10-12(18)16-14(4,13(17)19)11-8-9-11/h11H,5-10H2,1-4H3,(H,16,18). The molecule has 0 aromatic rings. The Balaban J connectivity index is 2.34. The van der Waals surface area contributed by atoms with Crippen LogP contribution in [0.4, 0.5) is 0 Å². The molecule has 1 saturated carbocycles. The van der Waals surface area contributed by atoms with Crippen molar-refractivity contribution in [1.82, 2.24) is 10.2 Å². The van der Waals surface area contributed by atoms with Gasteiger partial charge in [0.25, 0.3) is 0 Å². The highest BCUT2D eigenvalue weighted by molar-refractivity contribution is 5.98. The molecule has 1 N–H and O–H groups in total. The Morgan fingerprint density at radius 3 is 2.16 bits per heavy atom. The van der Waals surface area contributed by atoms with Crippen LogP contribution in [0.5, 0.6) is 0 Å². The molecule has 0 spiro atoms. The van der Waals surface area contributed by atoms with Crippen molar-refractivity contribution in [3.05, 3.63) is 0 Å². The third-order valence-electron chi connectivity index (χ3n) is 5.33. The van der Waals surface area contributed by atoms with E-state index in [2.05, 4.69) is 26.1 Å². The van der Waals surface area contributed by atoms with Crippen LogP contribution >= 0.6 is 0 Å². The predicted molar refractivity (Wildman–Crippen MR) is 74.6 cm³/mol. The lowest BCUT2D eigenvalue weighted by Gasteiger charge is -2.49. The number of carbonyl (C=O) groups is 2. The fraction of sp³-hybridized carbons (Fsp3) is 0.867. The van der Waals surface area contributed by atoms with E-state index in [-0.39, 0.29) is 23.9 Å². The number of piperazine rings is 1. The number of carbonyl (C=O) groups excluding carboxylic acids is 2. The van der Waals surface area contributed by atoms with Crippen molar-refractivity contribution in [2.24, 2.45) is 5.92 Å². The van der Waals surface area contributed by atoms with E-state index >= 15 is 0 Å². The van der Waals surface area contributed by atoms with Crippen molar-refractivity contribution in [2.75, 3.05) is 6.54 Å². The van der Waals surface area contributed by atoms with Gasteiger partial charge in [-0.2, -0.15) is 0 Å². The molecule has 1 atom stereocenters. The summed E-state index contributed by atoms with van der Waals surface area (Å²) >= 11 is 0. The van der Waals surface area contributed by atoms with Gasteiger partial charge in [-0.3, -0.25) is 9.59 Å². The third kappa shape index (κ3) is 2.15. The van der Waals surface area contributed by atoms with E-state index in [9.17, 15) is 9.59 Å². The molecule has 0 bridgehead atoms. The van der Waals surface area contributed by atoms with Crippen LogP contribution in [0.3, 0.4) is 0 Å². The Hall–Kier alpha value is -1.06. The molecule has 0 aromatic carbocycles. The molecule has 4 heteroatoms. The summed E-state index contributed by atoms with van der Waals surface area (Å²) in [6.07, 6.45) is 4.81. The summed E-state index contributed by atoms with van der Waals surface area (Å²) in [5.74, 6) is 0.448. The molecule has 2 amide bonds. The first-order valence-corrected chi connectivity index (χ1v) is 7.56. The first kappa shape index (κ1) is 14.4. The number of rotatable bonds is 5. The second-order valence-electron chi connectivity index (χ2n) is 6.20. The van der Waals surface area contributed by atoms with E-state index in [1.807, 2.05) is 11.8 Å². The van der Waals surface area contributed by atoms with E-state index in [4.69, 9.17) is 0 Å². The molecule has 1 aliphatic carbocycles. The lowest BCUT2D eigenvalue weighted by Crippen LogP contribution is -2.70. The monoisotopic (exact) mass is 266 g/mol. The first-order valence-electron chi connectivity index (χ1n) is 7.56. The molecule has 108 valence electrons. The quantitative estimate of drug-likeness (QED) is 0.828. The number of hydrogen-bond acceptors (Lipinski definition) is 2. The van der Waals surface area contributed by atoms with Crippen LogP contribution in [0.2, 0.25) is 0 Å². The molecular formula is C15H26N2O2. The van der Waals surface area contributed by atoms with Gasteiger partial charge in [0.15, 0.2) is 0 Å². The smallest absolute Gasteiger partial charge is 0.249 e. The van der Waals surface area contributed by atoms with Gasteiger partial charge < -0.3 is 10.2 Å². The van der Waals surface area contributed by atoms with E-state index < -0.39 is 5.54 Å². The molecule has 4 nitrogen and oxygen atoms in total. The average molecular weight is 266 g/mol. The minimum Gasteiger partial charge on any atom is -0.340 e. The third-order valence-corrected chi connectivity index (χ3v) is 5.33. The van der Waals surface area contributed by atoms with Gasteiger partial charge in [-0.25, -0.2) is 0 Å². The number of nitrogens with one attached hydrogen (secondary N) is 1. The molecular weight excluding hydrogens is 240 g/mol. The van der Waals surface area contributed by atoms with Crippen molar-refractivity contribution < 1.29 is 9.59 Å². The Kier molecular flexibility index (Phi) is 3.63. The molecule has 19 heavy (non-hydrogen) atoms. The van der Waals surface area contributed by atoms with Crippen molar-refractivity contribution in [3.63, 3.8) is 0 Å². The lowest BCUT2D eigenvalue weighted by molar-refractivity contribution is -0.157. The fourth-order valence-electron chi connectivity index (χ4n) is 3.52. The van der Waals surface area contributed by atoms with Crippen LogP contribution in [0.15, 0.2) is 0 Å². The van der Waals surface area contributed by atoms with E-state index in [1.165, 1.54) is 0 Å². The zero-order chi connectivity index (χ0) is 14.3. The summed E-state index contributed by atoms with van der Waals surface area (Å²) in [5, 5.41) is 2.95. The second kappa shape index (κ2) is 4.80. The zero-order valence-corrected chi connectivity index (χ0v) is 12.6. The molecule has 0 aromatic heterocycles. The highest BCUT2D eigenvalue weighted by Crippen LogP contribution is 2.43. The zero-order valence-electron chi connectivity index (χ0n) is 12.6. The first-order chi connectivity index (χ1) is 8.93. The Bertz CT molecular complexity index is 377. The molecule has 1 saturated heterocycles. The maximum atomic E-state index is 12.9. The fourth-order valence-corrected chi connectivity index (χ4v) is 3.52. The molecule has 2 rings (SSSR count). The van der Waals surface area contributed by atoms with Gasteiger partial charge in [-0.15, -0.1) is 0 Å². The van der Waals surface area contributed by atoms with Crippen molar-refractivity contribution in [2.45, 2.75) is 70.9 Å². The van der Waals surface area contributed by atoms with Crippen molar-refractivity contribution in [3.8, 4) is 0 Å². The summed E-state index contributed by atoms with van der Waals surface area (Å²) in [5.41, 5.74) is -0.828. The minimum absolute atomic E-state index is 0.00581. The van der Waals surface area contributed by atoms with Gasteiger partial charge in [0.1, 0.15) is 12.1 Å². The summed E-state index contributed by atoms with van der Waals surface area (Å²) in [6, 6.07) is 0. The van der Waals surface area contributed by atoms with Gasteiger partial charge in [0, 0.05) is 5.54 Å². The maximum absolute atomic E-state index is 12.9. The van der Waals surface area contributed by atoms with E-state index in [0.29, 0.717) is 5.92 Å². The Morgan fingerprint density at radius 2 is 1.74 bits per heavy atom. The van der Waals surface area contributed by atoms with Gasteiger partial charge >= 0.3 is 0 Å². The second-order valence-corrected chi connectivity index (χ2v) is 6.20. The highest BCUT2D eigenvalue weighted by atomic mass is 16.2. The molecule has 2 aliphatic rings. The van der Waals surface area contributed by atoms with Gasteiger partial charge in [-0.1, -0.05) is 20.8 Å².